The van der Waals surface area contributed by atoms with Gasteiger partial charge in [-0.3, -0.25) is 0 Å². The molecule has 2 amide bonds. The van der Waals surface area contributed by atoms with Gasteiger partial charge in [-0.05, 0) is 44.3 Å². The van der Waals surface area contributed by atoms with Crippen LogP contribution in [0.3, 0.4) is 0 Å². The van der Waals surface area contributed by atoms with Crippen molar-refractivity contribution in [3.63, 3.8) is 0 Å². The van der Waals surface area contributed by atoms with Crippen molar-refractivity contribution >= 4 is 22.8 Å². The van der Waals surface area contributed by atoms with E-state index in [0.717, 1.165) is 31.6 Å². The van der Waals surface area contributed by atoms with Crippen LogP contribution in [0, 0.1) is 0 Å². The van der Waals surface area contributed by atoms with Crippen molar-refractivity contribution in [2.24, 2.45) is 0 Å². The summed E-state index contributed by atoms with van der Waals surface area (Å²) < 4.78 is 0. The monoisotopic (exact) mass is 305 g/mol. The molecule has 0 radical (unpaired) electrons. The Kier molecular flexibility index (Phi) is 5.60. The van der Waals surface area contributed by atoms with E-state index in [0.29, 0.717) is 17.7 Å². The number of rotatable bonds is 7. The Morgan fingerprint density at radius 1 is 1.18 bits per heavy atom. The molecule has 0 saturated carbocycles. The summed E-state index contributed by atoms with van der Waals surface area (Å²) in [6, 6.07) is 4.99. The van der Waals surface area contributed by atoms with E-state index >= 15 is 0 Å². The number of benzene rings is 1. The highest BCUT2D eigenvalue weighted by atomic mass is 16.2. The van der Waals surface area contributed by atoms with Crippen LogP contribution in [0.15, 0.2) is 23.0 Å². The third-order valence-corrected chi connectivity index (χ3v) is 3.60. The summed E-state index contributed by atoms with van der Waals surface area (Å²) in [6.45, 7) is 7.92. The molecule has 0 atom stereocenters. The van der Waals surface area contributed by atoms with E-state index < -0.39 is 0 Å². The zero-order chi connectivity index (χ0) is 15.9. The maximum Gasteiger partial charge on any atom is 0.323 e. The quantitative estimate of drug-likeness (QED) is 0.587. The van der Waals surface area contributed by atoms with Crippen LogP contribution in [0.1, 0.15) is 20.3 Å². The smallest absolute Gasteiger partial charge is 0.323 e. The third kappa shape index (κ3) is 4.36. The highest BCUT2D eigenvalue weighted by Gasteiger charge is 2.04. The number of hydrogen-bond donors (Lipinski definition) is 4. The summed E-state index contributed by atoms with van der Waals surface area (Å²) in [4.78, 5) is 30.6. The first kappa shape index (κ1) is 16.1. The molecule has 0 fully saturated rings. The molecular weight excluding hydrogens is 282 g/mol. The van der Waals surface area contributed by atoms with Crippen molar-refractivity contribution in [1.29, 1.82) is 0 Å². The molecule has 4 N–H and O–H groups in total. The van der Waals surface area contributed by atoms with E-state index in [9.17, 15) is 9.59 Å². The number of H-pyrrole nitrogens is 2. The van der Waals surface area contributed by atoms with Crippen LogP contribution in [-0.4, -0.2) is 47.1 Å². The van der Waals surface area contributed by atoms with Gasteiger partial charge >= 0.3 is 11.7 Å². The van der Waals surface area contributed by atoms with E-state index in [1.165, 1.54) is 0 Å². The van der Waals surface area contributed by atoms with Crippen molar-refractivity contribution in [2.75, 3.05) is 31.5 Å². The maximum atomic E-state index is 11.8. The number of anilines is 1. The molecule has 7 heteroatoms. The summed E-state index contributed by atoms with van der Waals surface area (Å²) in [5.41, 5.74) is 1.77. The summed E-state index contributed by atoms with van der Waals surface area (Å²) in [5, 5.41) is 5.59. The number of carbonyl (C=O) groups excluding carboxylic acids is 1. The van der Waals surface area contributed by atoms with Gasteiger partial charge in [-0.2, -0.15) is 0 Å². The molecule has 2 rings (SSSR count). The number of imidazole rings is 1. The Morgan fingerprint density at radius 2 is 1.91 bits per heavy atom. The third-order valence-electron chi connectivity index (χ3n) is 3.60. The Bertz CT molecular complexity index is 672. The lowest BCUT2D eigenvalue weighted by Gasteiger charge is -2.17. The molecule has 0 aliphatic rings. The number of hydrogen-bond acceptors (Lipinski definition) is 3. The lowest BCUT2D eigenvalue weighted by Crippen LogP contribution is -2.32. The maximum absolute atomic E-state index is 11.8. The number of aromatic amines is 2. The Hall–Kier alpha value is -2.28. The van der Waals surface area contributed by atoms with Gasteiger partial charge in [0.2, 0.25) is 0 Å². The van der Waals surface area contributed by atoms with Crippen molar-refractivity contribution in [3.8, 4) is 0 Å². The van der Waals surface area contributed by atoms with Crippen LogP contribution < -0.4 is 16.3 Å². The van der Waals surface area contributed by atoms with Crippen molar-refractivity contribution in [1.82, 2.24) is 20.2 Å². The largest absolute Gasteiger partial charge is 0.338 e. The second-order valence-corrected chi connectivity index (χ2v) is 5.10. The van der Waals surface area contributed by atoms with E-state index in [1.54, 1.807) is 18.2 Å². The Balaban J connectivity index is 1.79. The van der Waals surface area contributed by atoms with Gasteiger partial charge in [0.1, 0.15) is 0 Å². The molecule has 1 aromatic carbocycles. The minimum atomic E-state index is -0.256. The molecular formula is C15H23N5O2. The van der Waals surface area contributed by atoms with Gasteiger partial charge in [0.25, 0.3) is 0 Å². The fourth-order valence-corrected chi connectivity index (χ4v) is 2.33. The number of amides is 2. The number of nitrogens with one attached hydrogen (secondary N) is 4. The number of carbonyl (C=O) groups is 1. The van der Waals surface area contributed by atoms with Gasteiger partial charge in [0.15, 0.2) is 0 Å². The van der Waals surface area contributed by atoms with Gasteiger partial charge in [0.05, 0.1) is 11.0 Å². The predicted molar refractivity (Wildman–Crippen MR) is 88.3 cm³/mol. The molecule has 7 nitrogen and oxygen atoms in total. The van der Waals surface area contributed by atoms with Crippen molar-refractivity contribution in [2.45, 2.75) is 20.3 Å². The highest BCUT2D eigenvalue weighted by molar-refractivity contribution is 5.91. The van der Waals surface area contributed by atoms with Gasteiger partial charge in [-0.25, -0.2) is 9.59 Å². The molecule has 22 heavy (non-hydrogen) atoms. The average Bonchev–Trinajstić information content (AvgIpc) is 2.87. The van der Waals surface area contributed by atoms with E-state index in [2.05, 4.69) is 39.3 Å². The Labute approximate surface area is 129 Å². The number of aromatic nitrogens is 2. The molecule has 0 bridgehead atoms. The molecule has 0 saturated heterocycles. The predicted octanol–water partition coefficient (Wildman–Crippen LogP) is 1.71. The topological polar surface area (TPSA) is 93.0 Å². The van der Waals surface area contributed by atoms with E-state index in [4.69, 9.17) is 0 Å². The first-order chi connectivity index (χ1) is 10.6. The second kappa shape index (κ2) is 7.65. The van der Waals surface area contributed by atoms with Crippen LogP contribution in [0.5, 0.6) is 0 Å². The fourth-order valence-electron chi connectivity index (χ4n) is 2.33. The van der Waals surface area contributed by atoms with Crippen LogP contribution >= 0.6 is 0 Å². The fraction of sp³-hybridized carbons (Fsp3) is 0.467. The normalized spacial score (nSPS) is 11.0. The van der Waals surface area contributed by atoms with Crippen molar-refractivity contribution < 1.29 is 4.79 Å². The molecule has 0 aliphatic heterocycles. The lowest BCUT2D eigenvalue weighted by molar-refractivity contribution is 0.250. The summed E-state index contributed by atoms with van der Waals surface area (Å²) >= 11 is 0. The Morgan fingerprint density at radius 3 is 2.64 bits per heavy atom. The van der Waals surface area contributed by atoms with Gasteiger partial charge < -0.3 is 25.5 Å². The second-order valence-electron chi connectivity index (χ2n) is 5.10. The SMILES string of the molecule is CCN(CC)CCCNC(=O)Nc1ccc2[nH]c(=O)[nH]c2c1. The summed E-state index contributed by atoms with van der Waals surface area (Å²) in [6.07, 6.45) is 0.916. The molecule has 0 spiro atoms. The lowest BCUT2D eigenvalue weighted by atomic mass is 10.3. The molecule has 2 aromatic rings. The molecule has 1 aromatic heterocycles. The molecule has 120 valence electrons. The molecule has 1 heterocycles. The minimum Gasteiger partial charge on any atom is -0.338 e. The van der Waals surface area contributed by atoms with Gasteiger partial charge in [0, 0.05) is 12.2 Å². The first-order valence-corrected chi connectivity index (χ1v) is 7.61. The molecule has 0 unspecified atom stereocenters. The average molecular weight is 305 g/mol. The first-order valence-electron chi connectivity index (χ1n) is 7.61. The summed E-state index contributed by atoms with van der Waals surface area (Å²) in [7, 11) is 0. The van der Waals surface area contributed by atoms with Gasteiger partial charge in [-0.1, -0.05) is 13.8 Å². The zero-order valence-corrected chi connectivity index (χ0v) is 13.0. The van der Waals surface area contributed by atoms with Crippen LogP contribution in [0.4, 0.5) is 10.5 Å². The minimum absolute atomic E-state index is 0.239. The van der Waals surface area contributed by atoms with Crippen LogP contribution in [-0.2, 0) is 0 Å². The van der Waals surface area contributed by atoms with Crippen molar-refractivity contribution in [3.05, 3.63) is 28.7 Å². The highest BCUT2D eigenvalue weighted by Crippen LogP contribution is 2.14. The number of urea groups is 1. The van der Waals surface area contributed by atoms with Crippen LogP contribution in [0.2, 0.25) is 0 Å². The number of fused-ring (bicyclic) bond motifs is 1. The molecule has 0 aliphatic carbocycles. The summed E-state index contributed by atoms with van der Waals surface area (Å²) in [5.74, 6) is 0. The van der Waals surface area contributed by atoms with Gasteiger partial charge in [-0.15, -0.1) is 0 Å². The zero-order valence-electron chi connectivity index (χ0n) is 13.0. The van der Waals surface area contributed by atoms with E-state index in [-0.39, 0.29) is 11.7 Å². The van der Waals surface area contributed by atoms with Crippen LogP contribution in [0.25, 0.3) is 11.0 Å². The number of nitrogens with zero attached hydrogens (tertiary/aromatic N) is 1. The standard InChI is InChI=1S/C15H23N5O2/c1-3-20(4-2)9-5-8-16-14(21)17-11-6-7-12-13(10-11)19-15(22)18-12/h6-7,10H,3-5,8-9H2,1-2H3,(H2,16,17,21)(H2,18,19,22). The van der Waals surface area contributed by atoms with E-state index in [1.807, 2.05) is 0 Å².